The third kappa shape index (κ3) is 3.55. The molecule has 4 aromatic rings. The van der Waals surface area contributed by atoms with E-state index in [1.807, 2.05) is 24.3 Å². The topological polar surface area (TPSA) is 110 Å². The van der Waals surface area contributed by atoms with Crippen molar-refractivity contribution in [2.24, 2.45) is 5.73 Å². The van der Waals surface area contributed by atoms with E-state index in [4.69, 9.17) is 5.73 Å². The molecule has 0 saturated heterocycles. The number of nitrogens with zero attached hydrogens (tertiary/aromatic N) is 3. The first-order valence-corrected chi connectivity index (χ1v) is 10.2. The van der Waals surface area contributed by atoms with Crippen LogP contribution < -0.4 is 11.1 Å². The van der Waals surface area contributed by atoms with Gasteiger partial charge in [0, 0.05) is 34.6 Å². The van der Waals surface area contributed by atoms with Gasteiger partial charge in [-0.1, -0.05) is 6.07 Å². The second-order valence-electron chi connectivity index (χ2n) is 8.13. The predicted molar refractivity (Wildman–Crippen MR) is 116 cm³/mol. The van der Waals surface area contributed by atoms with Crippen LogP contribution in [-0.2, 0) is 5.41 Å². The van der Waals surface area contributed by atoms with E-state index in [2.05, 4.69) is 25.5 Å². The van der Waals surface area contributed by atoms with Crippen molar-refractivity contribution < 1.29 is 13.6 Å². The van der Waals surface area contributed by atoms with E-state index < -0.39 is 23.3 Å². The molecular weight excluding hydrogens is 414 g/mol. The fourth-order valence-corrected chi connectivity index (χ4v) is 4.25. The molecular formula is C23H20F2N6O. The van der Waals surface area contributed by atoms with Gasteiger partial charge < -0.3 is 16.0 Å². The molecule has 0 bridgehead atoms. The number of pyridine rings is 1. The summed E-state index contributed by atoms with van der Waals surface area (Å²) in [5.74, 6) is -0.445. The lowest BCUT2D eigenvalue weighted by Gasteiger charge is -2.44. The number of alkyl halides is 1. The van der Waals surface area contributed by atoms with Crippen molar-refractivity contribution in [1.29, 1.82) is 0 Å². The first-order valence-electron chi connectivity index (χ1n) is 10.2. The Kier molecular flexibility index (Phi) is 4.80. The molecule has 1 aromatic carbocycles. The maximum absolute atomic E-state index is 14.3. The molecule has 0 atom stereocenters. The summed E-state index contributed by atoms with van der Waals surface area (Å²) >= 11 is 0. The third-order valence-corrected chi connectivity index (χ3v) is 5.94. The lowest BCUT2D eigenvalue weighted by molar-refractivity contribution is 0.0963. The van der Waals surface area contributed by atoms with Gasteiger partial charge in [-0.15, -0.1) is 10.2 Å². The number of benzene rings is 1. The lowest BCUT2D eigenvalue weighted by atomic mass is 9.65. The molecule has 32 heavy (non-hydrogen) atoms. The van der Waals surface area contributed by atoms with Gasteiger partial charge >= 0.3 is 0 Å². The predicted octanol–water partition coefficient (Wildman–Crippen LogP) is 3.74. The molecule has 3 heterocycles. The summed E-state index contributed by atoms with van der Waals surface area (Å²) in [7, 11) is 0. The maximum atomic E-state index is 14.3. The minimum atomic E-state index is -0.968. The Bertz CT molecular complexity index is 1300. The second kappa shape index (κ2) is 7.67. The zero-order chi connectivity index (χ0) is 22.3. The van der Waals surface area contributed by atoms with Gasteiger partial charge in [-0.2, -0.15) is 0 Å². The number of carbonyl (C=O) groups excluding carboxylic acids is 1. The number of amides is 1. The van der Waals surface area contributed by atoms with E-state index in [9.17, 15) is 13.6 Å². The molecule has 0 aliphatic heterocycles. The van der Waals surface area contributed by atoms with Crippen LogP contribution >= 0.6 is 0 Å². The van der Waals surface area contributed by atoms with Gasteiger partial charge in [0.25, 0.3) is 5.91 Å². The van der Waals surface area contributed by atoms with Crippen molar-refractivity contribution in [1.82, 2.24) is 20.2 Å². The van der Waals surface area contributed by atoms with E-state index in [0.717, 1.165) is 16.5 Å². The van der Waals surface area contributed by atoms with Crippen LogP contribution in [0.4, 0.5) is 14.6 Å². The average Bonchev–Trinajstić information content (AvgIpc) is 3.21. The molecule has 9 heteroatoms. The molecule has 1 fully saturated rings. The third-order valence-electron chi connectivity index (χ3n) is 5.94. The Morgan fingerprint density at radius 3 is 2.72 bits per heavy atom. The molecule has 3 aromatic heterocycles. The highest BCUT2D eigenvalue weighted by Crippen LogP contribution is 2.45. The van der Waals surface area contributed by atoms with Crippen LogP contribution in [0.2, 0.25) is 0 Å². The number of nitrogens with two attached hydrogens (primary N) is 1. The molecule has 5 rings (SSSR count). The summed E-state index contributed by atoms with van der Waals surface area (Å²) < 4.78 is 28.0. The van der Waals surface area contributed by atoms with Crippen LogP contribution in [0, 0.1) is 5.82 Å². The molecule has 0 unspecified atom stereocenters. The Morgan fingerprint density at radius 2 is 2.03 bits per heavy atom. The van der Waals surface area contributed by atoms with Crippen molar-refractivity contribution >= 4 is 22.6 Å². The largest absolute Gasteiger partial charge is 0.368 e. The Hall–Kier alpha value is -3.88. The van der Waals surface area contributed by atoms with Crippen LogP contribution in [-0.4, -0.2) is 38.8 Å². The molecule has 0 spiro atoms. The van der Waals surface area contributed by atoms with Crippen molar-refractivity contribution in [3.63, 3.8) is 0 Å². The van der Waals surface area contributed by atoms with Gasteiger partial charge in [0.05, 0.1) is 11.4 Å². The number of hydrogen-bond acceptors (Lipinski definition) is 5. The summed E-state index contributed by atoms with van der Waals surface area (Å²) in [6.45, 7) is 0.306. The number of aromatic nitrogens is 4. The number of fused-ring (bicyclic) bond motifs is 1. The Balaban J connectivity index is 1.33. The molecule has 1 saturated carbocycles. The van der Waals surface area contributed by atoms with Gasteiger partial charge in [-0.05, 0) is 55.3 Å². The second-order valence-corrected chi connectivity index (χ2v) is 8.13. The highest BCUT2D eigenvalue weighted by Gasteiger charge is 2.48. The number of rotatable bonds is 6. The fourth-order valence-electron chi connectivity index (χ4n) is 4.25. The van der Waals surface area contributed by atoms with Crippen LogP contribution in [0.3, 0.4) is 0 Å². The molecule has 1 aliphatic rings. The minimum Gasteiger partial charge on any atom is -0.368 e. The van der Waals surface area contributed by atoms with E-state index in [1.54, 1.807) is 12.1 Å². The van der Waals surface area contributed by atoms with Gasteiger partial charge in [0.2, 0.25) is 0 Å². The molecule has 7 nitrogen and oxygen atoms in total. The zero-order valence-electron chi connectivity index (χ0n) is 17.0. The van der Waals surface area contributed by atoms with Crippen molar-refractivity contribution in [2.75, 3.05) is 11.9 Å². The quantitative estimate of drug-likeness (QED) is 0.428. The maximum Gasteiger partial charge on any atom is 0.265 e. The highest BCUT2D eigenvalue weighted by molar-refractivity contribution is 5.97. The summed E-state index contributed by atoms with van der Waals surface area (Å²) in [5, 5.41) is 12.5. The van der Waals surface area contributed by atoms with Crippen LogP contribution in [0.1, 0.15) is 29.0 Å². The van der Waals surface area contributed by atoms with E-state index in [0.29, 0.717) is 23.8 Å². The summed E-state index contributed by atoms with van der Waals surface area (Å²) in [6, 6.07) is 13.8. The number of carbonyl (C=O) groups is 1. The first-order chi connectivity index (χ1) is 15.4. The normalized spacial score (nSPS) is 20.1. The summed E-state index contributed by atoms with van der Waals surface area (Å²) in [4.78, 5) is 18.5. The number of H-pyrrole nitrogens is 1. The molecule has 162 valence electrons. The standard InChI is InChI=1S/C23H20F2N6O/c24-15-10-23(11-15,21-16(25)2-1-7-27-21)12-28-20-6-5-18(30-31-20)13-3-4-17-14(8-13)9-19(29-17)22(26)32/h1-9,15,29H,10-12H2,(H2,26,32)(H,28,31)/t15-,23-. The van der Waals surface area contributed by atoms with Gasteiger partial charge in [-0.3, -0.25) is 9.78 Å². The minimum absolute atomic E-state index is 0.212. The zero-order valence-corrected chi connectivity index (χ0v) is 17.0. The van der Waals surface area contributed by atoms with Crippen molar-refractivity contribution in [3.8, 4) is 11.3 Å². The van der Waals surface area contributed by atoms with E-state index in [-0.39, 0.29) is 18.5 Å². The molecule has 1 aliphatic carbocycles. The SMILES string of the molecule is NC(=O)c1cc2cc(-c3ccc(NC[C@]4(c5ncccc5F)C[C@H](F)C4)nn3)ccc2[nH]1. The first kappa shape index (κ1) is 20.0. The van der Waals surface area contributed by atoms with Crippen molar-refractivity contribution in [2.45, 2.75) is 24.4 Å². The smallest absolute Gasteiger partial charge is 0.265 e. The van der Waals surface area contributed by atoms with Crippen LogP contribution in [0.15, 0.2) is 54.7 Å². The molecule has 0 radical (unpaired) electrons. The van der Waals surface area contributed by atoms with Crippen molar-refractivity contribution in [3.05, 3.63) is 71.9 Å². The average molecular weight is 434 g/mol. The molecule has 1 amide bonds. The number of anilines is 1. The number of nitrogens with one attached hydrogen (secondary N) is 2. The number of halogens is 2. The number of hydrogen-bond donors (Lipinski definition) is 3. The number of aromatic amines is 1. The van der Waals surface area contributed by atoms with Gasteiger partial charge in [0.1, 0.15) is 23.5 Å². The fraction of sp³-hybridized carbons (Fsp3) is 0.217. The number of primary amides is 1. The Morgan fingerprint density at radius 1 is 1.19 bits per heavy atom. The Labute approximate surface area is 182 Å². The van der Waals surface area contributed by atoms with Gasteiger partial charge in [0.15, 0.2) is 0 Å². The van der Waals surface area contributed by atoms with E-state index >= 15 is 0 Å². The highest BCUT2D eigenvalue weighted by atomic mass is 19.1. The lowest BCUT2D eigenvalue weighted by Crippen LogP contribution is -2.49. The monoisotopic (exact) mass is 434 g/mol. The summed E-state index contributed by atoms with van der Waals surface area (Å²) in [6.07, 6.45) is 0.978. The van der Waals surface area contributed by atoms with Crippen LogP contribution in [0.5, 0.6) is 0 Å². The summed E-state index contributed by atoms with van der Waals surface area (Å²) in [5.41, 5.74) is 7.52. The van der Waals surface area contributed by atoms with E-state index in [1.165, 1.54) is 18.3 Å². The van der Waals surface area contributed by atoms with Crippen LogP contribution in [0.25, 0.3) is 22.2 Å². The molecule has 4 N–H and O–H groups in total. The van der Waals surface area contributed by atoms with Gasteiger partial charge in [-0.25, -0.2) is 8.78 Å².